The number of nitrogens with zero attached hydrogens (tertiary/aromatic N) is 3. The van der Waals surface area contributed by atoms with Gasteiger partial charge in [-0.25, -0.2) is 4.98 Å². The maximum absolute atomic E-state index is 9.34. The van der Waals surface area contributed by atoms with Crippen molar-refractivity contribution in [1.29, 1.82) is 0 Å². The van der Waals surface area contributed by atoms with Gasteiger partial charge in [0.05, 0.1) is 30.2 Å². The average Bonchev–Trinajstić information content (AvgIpc) is 3.21. The van der Waals surface area contributed by atoms with Crippen LogP contribution in [0.4, 0.5) is 0 Å². The molecule has 152 valence electrons. The van der Waals surface area contributed by atoms with Crippen LogP contribution in [0.3, 0.4) is 0 Å². The number of aromatic nitrogens is 2. The third kappa shape index (κ3) is 3.99. The molecule has 2 heterocycles. The number of rotatable bonds is 6. The van der Waals surface area contributed by atoms with Crippen LogP contribution in [-0.4, -0.2) is 38.3 Å². The summed E-state index contributed by atoms with van der Waals surface area (Å²) < 4.78 is 0. The van der Waals surface area contributed by atoms with Crippen LogP contribution < -0.4 is 0 Å². The van der Waals surface area contributed by atoms with Crippen LogP contribution in [0.2, 0.25) is 0 Å². The monoisotopic (exact) mass is 398 g/mol. The second-order valence-corrected chi connectivity index (χ2v) is 8.06. The number of hydrogen-bond donors (Lipinski definition) is 2. The van der Waals surface area contributed by atoms with Crippen molar-refractivity contribution in [2.45, 2.75) is 44.6 Å². The number of allylic oxidation sites excluding steroid dienone is 1. The third-order valence-electron chi connectivity index (χ3n) is 6.00. The Morgan fingerprint density at radius 2 is 1.83 bits per heavy atom. The van der Waals surface area contributed by atoms with Crippen LogP contribution in [0.1, 0.15) is 29.8 Å². The maximum Gasteiger partial charge on any atom is 0.121 e. The lowest BCUT2D eigenvalue weighted by Crippen LogP contribution is -2.37. The Hall–Kier alpha value is -3.02. The second-order valence-electron chi connectivity index (χ2n) is 8.06. The second kappa shape index (κ2) is 8.38. The molecule has 2 N–H and O–H groups in total. The van der Waals surface area contributed by atoms with Gasteiger partial charge < -0.3 is 10.1 Å². The highest BCUT2D eigenvalue weighted by Crippen LogP contribution is 2.29. The van der Waals surface area contributed by atoms with Gasteiger partial charge >= 0.3 is 0 Å². The Kier molecular flexibility index (Phi) is 5.30. The number of H-pyrrole nitrogens is 1. The number of aliphatic imine (C=N–C) groups is 1. The molecule has 1 aromatic heterocycles. The molecule has 30 heavy (non-hydrogen) atoms. The molecule has 1 aliphatic heterocycles. The molecule has 0 radical (unpaired) electrons. The molecule has 0 saturated heterocycles. The standard InChI is InChI=1S/C25H26N4O/c30-17-19-9-7-18(8-10-19)15-29(16-25-27-23-5-1-2-6-24(23)28-25)21-11-12-22-20(14-21)4-3-13-26-22/h1-10,13-14,21-22,30H,11-12,15-17H2,(H,27,28). The fourth-order valence-electron chi connectivity index (χ4n) is 4.38. The van der Waals surface area contributed by atoms with Crippen LogP contribution in [0, 0.1) is 0 Å². The summed E-state index contributed by atoms with van der Waals surface area (Å²) in [6.07, 6.45) is 10.7. The van der Waals surface area contributed by atoms with E-state index in [1.807, 2.05) is 42.6 Å². The molecule has 0 bridgehead atoms. The summed E-state index contributed by atoms with van der Waals surface area (Å²) >= 11 is 0. The predicted octanol–water partition coefficient (Wildman–Crippen LogP) is 4.16. The molecule has 5 heteroatoms. The largest absolute Gasteiger partial charge is 0.392 e. The minimum atomic E-state index is 0.0753. The lowest BCUT2D eigenvalue weighted by atomic mass is 9.89. The minimum Gasteiger partial charge on any atom is -0.392 e. The van der Waals surface area contributed by atoms with Gasteiger partial charge in [0.2, 0.25) is 0 Å². The van der Waals surface area contributed by atoms with E-state index in [4.69, 9.17) is 4.98 Å². The van der Waals surface area contributed by atoms with E-state index in [0.717, 1.165) is 48.4 Å². The van der Waals surface area contributed by atoms with Crippen molar-refractivity contribution in [1.82, 2.24) is 14.9 Å². The number of hydrogen-bond acceptors (Lipinski definition) is 4. The zero-order chi connectivity index (χ0) is 20.3. The third-order valence-corrected chi connectivity index (χ3v) is 6.00. The lowest BCUT2D eigenvalue weighted by molar-refractivity contribution is 0.188. The molecule has 2 unspecified atom stereocenters. The minimum absolute atomic E-state index is 0.0753. The summed E-state index contributed by atoms with van der Waals surface area (Å²) in [7, 11) is 0. The summed E-state index contributed by atoms with van der Waals surface area (Å²) in [6.45, 7) is 1.66. The summed E-state index contributed by atoms with van der Waals surface area (Å²) in [5, 5.41) is 9.34. The number of aliphatic hydroxyl groups excluding tert-OH is 1. The molecule has 0 amide bonds. The molecule has 0 saturated carbocycles. The van der Waals surface area contributed by atoms with Gasteiger partial charge in [-0.05, 0) is 47.8 Å². The van der Waals surface area contributed by atoms with E-state index < -0.39 is 0 Å². The molecule has 3 aromatic rings. The Bertz CT molecular complexity index is 1080. The zero-order valence-corrected chi connectivity index (χ0v) is 16.9. The van der Waals surface area contributed by atoms with Crippen molar-refractivity contribution in [3.05, 3.63) is 89.3 Å². The fourth-order valence-corrected chi connectivity index (χ4v) is 4.38. The molecule has 2 aliphatic rings. The van der Waals surface area contributed by atoms with E-state index in [0.29, 0.717) is 12.1 Å². The number of nitrogens with one attached hydrogen (secondary N) is 1. The van der Waals surface area contributed by atoms with E-state index in [1.165, 1.54) is 11.1 Å². The van der Waals surface area contributed by atoms with Crippen molar-refractivity contribution in [3.63, 3.8) is 0 Å². The summed E-state index contributed by atoms with van der Waals surface area (Å²) in [5.74, 6) is 0.987. The van der Waals surface area contributed by atoms with Gasteiger partial charge in [0.25, 0.3) is 0 Å². The molecular formula is C25H26N4O. The highest BCUT2D eigenvalue weighted by molar-refractivity contribution is 5.75. The smallest absolute Gasteiger partial charge is 0.121 e. The quantitative estimate of drug-likeness (QED) is 0.655. The molecule has 1 aliphatic carbocycles. The van der Waals surface area contributed by atoms with Crippen LogP contribution in [0.5, 0.6) is 0 Å². The van der Waals surface area contributed by atoms with Gasteiger partial charge in [0.15, 0.2) is 0 Å². The molecule has 0 spiro atoms. The Balaban J connectivity index is 1.43. The maximum atomic E-state index is 9.34. The number of aromatic amines is 1. The van der Waals surface area contributed by atoms with Crippen molar-refractivity contribution in [2.24, 2.45) is 4.99 Å². The molecule has 2 aromatic carbocycles. The first-order chi connectivity index (χ1) is 14.8. The van der Waals surface area contributed by atoms with E-state index in [1.54, 1.807) is 0 Å². The Morgan fingerprint density at radius 1 is 1.00 bits per heavy atom. The number of imidazole rings is 1. The van der Waals surface area contributed by atoms with E-state index in [-0.39, 0.29) is 6.61 Å². The van der Waals surface area contributed by atoms with E-state index in [9.17, 15) is 5.11 Å². The van der Waals surface area contributed by atoms with Crippen LogP contribution in [0.25, 0.3) is 11.0 Å². The van der Waals surface area contributed by atoms with E-state index >= 15 is 0 Å². The molecular weight excluding hydrogens is 372 g/mol. The van der Waals surface area contributed by atoms with Crippen molar-refractivity contribution in [3.8, 4) is 0 Å². The molecule has 0 fully saturated rings. The Morgan fingerprint density at radius 3 is 2.67 bits per heavy atom. The van der Waals surface area contributed by atoms with Gasteiger partial charge in [0, 0.05) is 18.8 Å². The number of benzene rings is 2. The van der Waals surface area contributed by atoms with Crippen LogP contribution in [-0.2, 0) is 19.7 Å². The summed E-state index contributed by atoms with van der Waals surface area (Å²) in [4.78, 5) is 15.4. The first kappa shape index (κ1) is 19.0. The van der Waals surface area contributed by atoms with Crippen LogP contribution in [0.15, 0.2) is 77.3 Å². The van der Waals surface area contributed by atoms with E-state index in [2.05, 4.69) is 45.2 Å². The normalized spacial score (nSPS) is 20.5. The summed E-state index contributed by atoms with van der Waals surface area (Å²) in [5.41, 5.74) is 5.58. The van der Waals surface area contributed by atoms with Crippen LogP contribution >= 0.6 is 0 Å². The highest BCUT2D eigenvalue weighted by atomic mass is 16.3. The van der Waals surface area contributed by atoms with Gasteiger partial charge in [-0.15, -0.1) is 0 Å². The van der Waals surface area contributed by atoms with Crippen molar-refractivity contribution in [2.75, 3.05) is 0 Å². The molecule has 5 rings (SSSR count). The average molecular weight is 399 g/mol. The first-order valence-corrected chi connectivity index (χ1v) is 10.6. The highest BCUT2D eigenvalue weighted by Gasteiger charge is 2.26. The van der Waals surface area contributed by atoms with Gasteiger partial charge in [0.1, 0.15) is 5.82 Å². The van der Waals surface area contributed by atoms with Gasteiger partial charge in [-0.1, -0.05) is 48.6 Å². The zero-order valence-electron chi connectivity index (χ0n) is 16.9. The molecule has 5 nitrogen and oxygen atoms in total. The predicted molar refractivity (Wildman–Crippen MR) is 120 cm³/mol. The van der Waals surface area contributed by atoms with Gasteiger partial charge in [-0.3, -0.25) is 9.89 Å². The number of fused-ring (bicyclic) bond motifs is 2. The summed E-state index contributed by atoms with van der Waals surface area (Å²) in [6, 6.07) is 17.0. The number of aliphatic hydroxyl groups is 1. The number of dihydropyridines is 1. The fraction of sp³-hybridized carbons (Fsp3) is 0.280. The topological polar surface area (TPSA) is 64.5 Å². The number of para-hydroxylation sites is 2. The van der Waals surface area contributed by atoms with Crippen molar-refractivity contribution >= 4 is 17.2 Å². The SMILES string of the molecule is OCc1ccc(CN(Cc2nc3ccccc3[nH]2)C2C=C3C=CC=NC3CC2)cc1. The van der Waals surface area contributed by atoms with Crippen molar-refractivity contribution < 1.29 is 5.11 Å². The Labute approximate surface area is 176 Å². The van der Waals surface area contributed by atoms with Gasteiger partial charge in [-0.2, -0.15) is 0 Å². The molecule has 2 atom stereocenters. The lowest BCUT2D eigenvalue weighted by Gasteiger charge is -2.34. The first-order valence-electron chi connectivity index (χ1n) is 10.6.